The molecule has 5 nitrogen and oxygen atoms in total. The van der Waals surface area contributed by atoms with Crippen LogP contribution in [0, 0.1) is 0 Å². The number of aromatic nitrogens is 2. The highest BCUT2D eigenvalue weighted by Gasteiger charge is 2.23. The van der Waals surface area contributed by atoms with Gasteiger partial charge in [0, 0.05) is 25.4 Å². The van der Waals surface area contributed by atoms with Gasteiger partial charge in [0.15, 0.2) is 5.82 Å². The van der Waals surface area contributed by atoms with Crippen molar-refractivity contribution in [1.82, 2.24) is 20.4 Å². The third-order valence-corrected chi connectivity index (χ3v) is 3.67. The fourth-order valence-electron chi connectivity index (χ4n) is 2.62. The lowest BCUT2D eigenvalue weighted by atomic mass is 9.99. The molecule has 0 aliphatic carbocycles. The molecule has 1 aliphatic rings. The number of nitrogens with one attached hydrogen (secondary N) is 1. The van der Waals surface area contributed by atoms with Crippen LogP contribution in [0.15, 0.2) is 4.52 Å². The Morgan fingerprint density at radius 3 is 3.11 bits per heavy atom. The molecule has 1 aromatic heterocycles. The summed E-state index contributed by atoms with van der Waals surface area (Å²) in [4.78, 5) is 7.00. The van der Waals surface area contributed by atoms with E-state index >= 15 is 0 Å². The Bertz CT molecular complexity index is 353. The van der Waals surface area contributed by atoms with Gasteiger partial charge in [-0.3, -0.25) is 0 Å². The maximum atomic E-state index is 5.26. The van der Waals surface area contributed by atoms with E-state index in [2.05, 4.69) is 27.3 Å². The average molecular weight is 252 g/mol. The second-order valence-electron chi connectivity index (χ2n) is 4.94. The summed E-state index contributed by atoms with van der Waals surface area (Å²) < 4.78 is 5.26. The van der Waals surface area contributed by atoms with Gasteiger partial charge in [0.25, 0.3) is 0 Å². The van der Waals surface area contributed by atoms with Crippen molar-refractivity contribution in [3.8, 4) is 0 Å². The van der Waals surface area contributed by atoms with Gasteiger partial charge in [-0.15, -0.1) is 0 Å². The second-order valence-corrected chi connectivity index (χ2v) is 4.94. The Kier molecular flexibility index (Phi) is 5.13. The molecule has 18 heavy (non-hydrogen) atoms. The highest BCUT2D eigenvalue weighted by atomic mass is 16.5. The minimum absolute atomic E-state index is 0.596. The Hall–Kier alpha value is -0.940. The van der Waals surface area contributed by atoms with Crippen molar-refractivity contribution >= 4 is 0 Å². The number of nitrogens with zero attached hydrogens (tertiary/aromatic N) is 3. The maximum Gasteiger partial charge on any atom is 0.227 e. The van der Waals surface area contributed by atoms with Gasteiger partial charge in [-0.05, 0) is 33.0 Å². The van der Waals surface area contributed by atoms with E-state index in [0.717, 1.165) is 37.6 Å². The molecule has 1 saturated heterocycles. The van der Waals surface area contributed by atoms with Crippen LogP contribution in [-0.2, 0) is 12.8 Å². The van der Waals surface area contributed by atoms with Crippen LogP contribution >= 0.6 is 0 Å². The summed E-state index contributed by atoms with van der Waals surface area (Å²) in [7, 11) is 1.93. The lowest BCUT2D eigenvalue weighted by Crippen LogP contribution is -2.40. The van der Waals surface area contributed by atoms with E-state index in [1.807, 2.05) is 7.05 Å². The zero-order valence-electron chi connectivity index (χ0n) is 11.5. The van der Waals surface area contributed by atoms with Crippen molar-refractivity contribution < 1.29 is 4.52 Å². The third-order valence-electron chi connectivity index (χ3n) is 3.67. The van der Waals surface area contributed by atoms with E-state index < -0.39 is 0 Å². The highest BCUT2D eigenvalue weighted by molar-refractivity contribution is 4.92. The zero-order valence-corrected chi connectivity index (χ0v) is 11.5. The first-order valence-corrected chi connectivity index (χ1v) is 7.03. The van der Waals surface area contributed by atoms with Crippen LogP contribution in [0.25, 0.3) is 0 Å². The number of piperidine rings is 1. The third kappa shape index (κ3) is 3.53. The van der Waals surface area contributed by atoms with Crippen LogP contribution in [0.1, 0.15) is 37.9 Å². The van der Waals surface area contributed by atoms with Gasteiger partial charge < -0.3 is 14.7 Å². The highest BCUT2D eigenvalue weighted by Crippen LogP contribution is 2.19. The molecule has 0 saturated carbocycles. The fraction of sp³-hybridized carbons (Fsp3) is 0.846. The Balaban J connectivity index is 1.89. The molecular formula is C13H24N4O. The minimum Gasteiger partial charge on any atom is -0.339 e. The van der Waals surface area contributed by atoms with E-state index in [4.69, 9.17) is 4.52 Å². The molecule has 5 heteroatoms. The fourth-order valence-corrected chi connectivity index (χ4v) is 2.62. The van der Waals surface area contributed by atoms with Crippen molar-refractivity contribution in [1.29, 1.82) is 0 Å². The molecule has 1 atom stereocenters. The SMILES string of the molecule is CCN1CCCCC1Cc1noc(CCNC)n1. The van der Waals surface area contributed by atoms with Crippen molar-refractivity contribution in [3.05, 3.63) is 11.7 Å². The number of likely N-dealkylation sites (tertiary alicyclic amines) is 1. The van der Waals surface area contributed by atoms with Gasteiger partial charge in [-0.2, -0.15) is 4.98 Å². The molecule has 0 bridgehead atoms. The van der Waals surface area contributed by atoms with E-state index in [0.29, 0.717) is 6.04 Å². The van der Waals surface area contributed by atoms with Gasteiger partial charge in [0.05, 0.1) is 0 Å². The summed E-state index contributed by atoms with van der Waals surface area (Å²) in [5.41, 5.74) is 0. The number of likely N-dealkylation sites (N-methyl/N-ethyl adjacent to an activating group) is 2. The normalized spacial score (nSPS) is 21.3. The summed E-state index contributed by atoms with van der Waals surface area (Å²) in [6.07, 6.45) is 5.65. The molecule has 1 aliphatic heterocycles. The van der Waals surface area contributed by atoms with Gasteiger partial charge >= 0.3 is 0 Å². The molecular weight excluding hydrogens is 228 g/mol. The van der Waals surface area contributed by atoms with Gasteiger partial charge in [0.1, 0.15) is 0 Å². The second kappa shape index (κ2) is 6.85. The number of hydrogen-bond donors (Lipinski definition) is 1. The quantitative estimate of drug-likeness (QED) is 0.825. The summed E-state index contributed by atoms with van der Waals surface area (Å²) in [5, 5.41) is 7.18. The Morgan fingerprint density at radius 2 is 2.33 bits per heavy atom. The van der Waals surface area contributed by atoms with Crippen LogP contribution in [0.4, 0.5) is 0 Å². The number of hydrogen-bond acceptors (Lipinski definition) is 5. The summed E-state index contributed by atoms with van der Waals surface area (Å²) >= 11 is 0. The number of rotatable bonds is 6. The lowest BCUT2D eigenvalue weighted by Gasteiger charge is -2.34. The van der Waals surface area contributed by atoms with Crippen molar-refractivity contribution in [3.63, 3.8) is 0 Å². The van der Waals surface area contributed by atoms with E-state index in [1.165, 1.54) is 25.8 Å². The predicted octanol–water partition coefficient (Wildman–Crippen LogP) is 1.25. The predicted molar refractivity (Wildman–Crippen MR) is 70.5 cm³/mol. The molecule has 0 radical (unpaired) electrons. The standard InChI is InChI=1S/C13H24N4O/c1-3-17-9-5-4-6-11(17)10-12-15-13(18-16-12)7-8-14-2/h11,14H,3-10H2,1-2H3. The molecule has 0 aromatic carbocycles. The van der Waals surface area contributed by atoms with E-state index in [1.54, 1.807) is 0 Å². The molecule has 0 amide bonds. The van der Waals surface area contributed by atoms with Crippen LogP contribution in [0.5, 0.6) is 0 Å². The maximum absolute atomic E-state index is 5.26. The van der Waals surface area contributed by atoms with Crippen molar-refractivity contribution in [2.24, 2.45) is 0 Å². The molecule has 2 heterocycles. The molecule has 1 fully saturated rings. The first-order chi connectivity index (χ1) is 8.83. The smallest absolute Gasteiger partial charge is 0.227 e. The van der Waals surface area contributed by atoms with Crippen molar-refractivity contribution in [2.45, 2.75) is 45.1 Å². The van der Waals surface area contributed by atoms with E-state index in [9.17, 15) is 0 Å². The topological polar surface area (TPSA) is 54.2 Å². The van der Waals surface area contributed by atoms with Crippen LogP contribution < -0.4 is 5.32 Å². The molecule has 2 rings (SSSR count). The van der Waals surface area contributed by atoms with Gasteiger partial charge in [-0.1, -0.05) is 18.5 Å². The van der Waals surface area contributed by atoms with E-state index in [-0.39, 0.29) is 0 Å². The summed E-state index contributed by atoms with van der Waals surface area (Å²) in [6, 6.07) is 0.596. The Morgan fingerprint density at radius 1 is 1.44 bits per heavy atom. The first kappa shape index (κ1) is 13.5. The van der Waals surface area contributed by atoms with Gasteiger partial charge in [0.2, 0.25) is 5.89 Å². The molecule has 102 valence electrons. The lowest BCUT2D eigenvalue weighted by molar-refractivity contribution is 0.153. The van der Waals surface area contributed by atoms with Crippen LogP contribution in [0.2, 0.25) is 0 Å². The molecule has 1 N–H and O–H groups in total. The zero-order chi connectivity index (χ0) is 12.8. The molecule has 1 aromatic rings. The first-order valence-electron chi connectivity index (χ1n) is 7.03. The summed E-state index contributed by atoms with van der Waals surface area (Å²) in [6.45, 7) is 5.44. The van der Waals surface area contributed by atoms with Crippen LogP contribution in [0.3, 0.4) is 0 Å². The van der Waals surface area contributed by atoms with Gasteiger partial charge in [-0.25, -0.2) is 0 Å². The summed E-state index contributed by atoms with van der Waals surface area (Å²) in [5.74, 6) is 1.62. The molecule has 0 spiro atoms. The monoisotopic (exact) mass is 252 g/mol. The minimum atomic E-state index is 0.596. The largest absolute Gasteiger partial charge is 0.339 e. The average Bonchev–Trinajstić information content (AvgIpc) is 2.84. The Labute approximate surface area is 109 Å². The van der Waals surface area contributed by atoms with Crippen LogP contribution in [-0.4, -0.2) is 47.8 Å². The molecule has 1 unspecified atom stereocenters. The van der Waals surface area contributed by atoms with Crippen molar-refractivity contribution in [2.75, 3.05) is 26.7 Å².